The van der Waals surface area contributed by atoms with Gasteiger partial charge in [0.1, 0.15) is 5.60 Å². The summed E-state index contributed by atoms with van der Waals surface area (Å²) in [5, 5.41) is 0. The smallest absolute Gasteiger partial charge is 0.306 e. The maximum atomic E-state index is 11.3. The van der Waals surface area contributed by atoms with Crippen LogP contribution in [-0.4, -0.2) is 20.6 Å². The second kappa shape index (κ2) is 3.84. The van der Waals surface area contributed by atoms with E-state index in [0.29, 0.717) is 12.8 Å². The highest BCUT2D eigenvalue weighted by atomic mass is 32.2. The van der Waals surface area contributed by atoms with Gasteiger partial charge in [-0.2, -0.15) is 0 Å². The van der Waals surface area contributed by atoms with Crippen LogP contribution >= 0.6 is 0 Å². The minimum absolute atomic E-state index is 0.209. The molecule has 0 aromatic heterocycles. The lowest BCUT2D eigenvalue weighted by Crippen LogP contribution is -2.20. The summed E-state index contributed by atoms with van der Waals surface area (Å²) in [5.41, 5.74) is 0.211. The Morgan fingerprint density at radius 1 is 1.24 bits per heavy atom. The summed E-state index contributed by atoms with van der Waals surface area (Å²) in [6.07, 6.45) is 2.20. The second-order valence-corrected chi connectivity index (χ2v) is 6.52. The van der Waals surface area contributed by atoms with Crippen molar-refractivity contribution in [3.05, 3.63) is 29.8 Å². The molecular formula is C12H14O4S. The summed E-state index contributed by atoms with van der Waals surface area (Å²) >= 11 is 0. The Labute approximate surface area is 101 Å². The minimum atomic E-state index is -3.18. The molecule has 5 heteroatoms. The third kappa shape index (κ3) is 2.34. The number of benzene rings is 1. The number of cyclic esters (lactones) is 1. The Balaban J connectivity index is 2.33. The summed E-state index contributed by atoms with van der Waals surface area (Å²) in [5.74, 6) is -0.209. The molecular weight excluding hydrogens is 240 g/mol. The number of carbonyl (C=O) groups is 1. The Kier molecular flexibility index (Phi) is 2.73. The van der Waals surface area contributed by atoms with Gasteiger partial charge in [-0.05, 0) is 24.6 Å². The van der Waals surface area contributed by atoms with Gasteiger partial charge in [-0.3, -0.25) is 4.79 Å². The average Bonchev–Trinajstić information content (AvgIpc) is 2.59. The molecule has 17 heavy (non-hydrogen) atoms. The maximum Gasteiger partial charge on any atom is 0.306 e. The van der Waals surface area contributed by atoms with Crippen molar-refractivity contribution in [2.45, 2.75) is 30.3 Å². The van der Waals surface area contributed by atoms with E-state index in [9.17, 15) is 13.2 Å². The van der Waals surface area contributed by atoms with Crippen LogP contribution in [0.5, 0.6) is 0 Å². The van der Waals surface area contributed by atoms with E-state index >= 15 is 0 Å². The lowest BCUT2D eigenvalue weighted by atomic mass is 9.93. The van der Waals surface area contributed by atoms with Crippen molar-refractivity contribution in [3.8, 4) is 0 Å². The zero-order valence-corrected chi connectivity index (χ0v) is 10.6. The lowest BCUT2D eigenvalue weighted by Gasteiger charge is -2.23. The minimum Gasteiger partial charge on any atom is -0.454 e. The van der Waals surface area contributed by atoms with Gasteiger partial charge in [0, 0.05) is 19.1 Å². The fourth-order valence-electron chi connectivity index (χ4n) is 1.95. The van der Waals surface area contributed by atoms with E-state index in [0.717, 1.165) is 5.56 Å². The van der Waals surface area contributed by atoms with Crippen molar-refractivity contribution in [1.29, 1.82) is 0 Å². The van der Waals surface area contributed by atoms with Crippen LogP contribution in [0.25, 0.3) is 0 Å². The first kappa shape index (κ1) is 12.1. The maximum absolute atomic E-state index is 11.3. The normalized spacial score (nSPS) is 24.7. The first-order chi connectivity index (χ1) is 7.81. The molecule has 0 saturated carbocycles. The van der Waals surface area contributed by atoms with Gasteiger partial charge in [-0.1, -0.05) is 12.1 Å². The Morgan fingerprint density at radius 2 is 1.82 bits per heavy atom. The second-order valence-electron chi connectivity index (χ2n) is 4.50. The lowest BCUT2D eigenvalue weighted by molar-refractivity contribution is -0.147. The summed E-state index contributed by atoms with van der Waals surface area (Å²) in [7, 11) is -3.18. The molecule has 1 atom stereocenters. The van der Waals surface area contributed by atoms with Crippen LogP contribution in [0.15, 0.2) is 29.2 Å². The van der Waals surface area contributed by atoms with Crippen molar-refractivity contribution >= 4 is 15.8 Å². The van der Waals surface area contributed by atoms with Crippen LogP contribution in [-0.2, 0) is 25.0 Å². The Bertz CT molecular complexity index is 544. The molecule has 1 saturated heterocycles. The Morgan fingerprint density at radius 3 is 2.24 bits per heavy atom. The third-order valence-corrected chi connectivity index (χ3v) is 4.17. The summed E-state index contributed by atoms with van der Waals surface area (Å²) in [6, 6.07) is 6.49. The topological polar surface area (TPSA) is 60.4 Å². The highest BCUT2D eigenvalue weighted by Crippen LogP contribution is 2.36. The van der Waals surface area contributed by atoms with E-state index in [4.69, 9.17) is 4.74 Å². The number of esters is 1. The van der Waals surface area contributed by atoms with E-state index in [2.05, 4.69) is 0 Å². The van der Waals surface area contributed by atoms with Crippen LogP contribution in [0, 0.1) is 0 Å². The van der Waals surface area contributed by atoms with Gasteiger partial charge in [0.05, 0.1) is 4.90 Å². The molecule has 0 bridgehead atoms. The van der Waals surface area contributed by atoms with Crippen LogP contribution in [0.1, 0.15) is 25.3 Å². The molecule has 4 nitrogen and oxygen atoms in total. The summed E-state index contributed by atoms with van der Waals surface area (Å²) in [4.78, 5) is 11.4. The molecule has 0 radical (unpaired) electrons. The zero-order chi connectivity index (χ0) is 12.7. The molecule has 1 unspecified atom stereocenters. The zero-order valence-electron chi connectivity index (χ0n) is 9.76. The van der Waals surface area contributed by atoms with Gasteiger partial charge in [0.2, 0.25) is 0 Å². The van der Waals surface area contributed by atoms with Crippen LogP contribution in [0.2, 0.25) is 0 Å². The molecule has 1 aromatic carbocycles. The molecule has 1 aliphatic heterocycles. The van der Waals surface area contributed by atoms with Gasteiger partial charge in [0.25, 0.3) is 0 Å². The molecule has 1 aromatic rings. The molecule has 0 amide bonds. The molecule has 0 N–H and O–H groups in total. The van der Waals surface area contributed by atoms with E-state index in [-0.39, 0.29) is 10.9 Å². The third-order valence-electron chi connectivity index (χ3n) is 3.04. The van der Waals surface area contributed by atoms with Gasteiger partial charge in [-0.25, -0.2) is 8.42 Å². The van der Waals surface area contributed by atoms with Crippen molar-refractivity contribution in [2.24, 2.45) is 0 Å². The molecule has 1 aliphatic rings. The molecule has 1 fully saturated rings. The van der Waals surface area contributed by atoms with Crippen LogP contribution in [0.4, 0.5) is 0 Å². The van der Waals surface area contributed by atoms with Crippen LogP contribution in [0.3, 0.4) is 0 Å². The van der Waals surface area contributed by atoms with Gasteiger partial charge in [0.15, 0.2) is 9.84 Å². The van der Waals surface area contributed by atoms with E-state index in [1.165, 1.54) is 6.26 Å². The average molecular weight is 254 g/mol. The van der Waals surface area contributed by atoms with E-state index in [1.807, 2.05) is 6.92 Å². The fraction of sp³-hybridized carbons (Fsp3) is 0.417. The summed E-state index contributed by atoms with van der Waals surface area (Å²) < 4.78 is 27.9. The molecule has 2 rings (SSSR count). The SMILES string of the molecule is CC1(c2ccc(S(C)(=O)=O)cc2)CCC(=O)O1. The largest absolute Gasteiger partial charge is 0.454 e. The number of ether oxygens (including phenoxy) is 1. The highest BCUT2D eigenvalue weighted by Gasteiger charge is 2.37. The molecule has 1 heterocycles. The number of rotatable bonds is 2. The molecule has 0 spiro atoms. The number of sulfone groups is 1. The van der Waals surface area contributed by atoms with Gasteiger partial charge < -0.3 is 4.74 Å². The fourth-order valence-corrected chi connectivity index (χ4v) is 2.58. The van der Waals surface area contributed by atoms with E-state index < -0.39 is 15.4 Å². The highest BCUT2D eigenvalue weighted by molar-refractivity contribution is 7.90. The Hall–Kier alpha value is -1.36. The predicted octanol–water partition coefficient (Wildman–Crippen LogP) is 1.64. The number of hydrogen-bond acceptors (Lipinski definition) is 4. The summed E-state index contributed by atoms with van der Waals surface area (Å²) in [6.45, 7) is 1.84. The first-order valence-corrected chi connectivity index (χ1v) is 7.23. The standard InChI is InChI=1S/C12H14O4S/c1-12(8-7-11(13)16-12)9-3-5-10(6-4-9)17(2,14)15/h3-6H,7-8H2,1-2H3. The monoisotopic (exact) mass is 254 g/mol. The van der Waals surface area contributed by atoms with Crippen molar-refractivity contribution < 1.29 is 17.9 Å². The quantitative estimate of drug-likeness (QED) is 0.753. The molecule has 92 valence electrons. The van der Waals surface area contributed by atoms with Crippen molar-refractivity contribution in [1.82, 2.24) is 0 Å². The van der Waals surface area contributed by atoms with Crippen molar-refractivity contribution in [2.75, 3.05) is 6.26 Å². The first-order valence-electron chi connectivity index (χ1n) is 5.34. The van der Waals surface area contributed by atoms with Gasteiger partial charge in [-0.15, -0.1) is 0 Å². The number of carbonyl (C=O) groups excluding carboxylic acids is 1. The predicted molar refractivity (Wildman–Crippen MR) is 62.2 cm³/mol. The van der Waals surface area contributed by atoms with E-state index in [1.54, 1.807) is 24.3 Å². The number of hydrogen-bond donors (Lipinski definition) is 0. The molecule has 0 aliphatic carbocycles. The van der Waals surface area contributed by atoms with Gasteiger partial charge >= 0.3 is 5.97 Å². The van der Waals surface area contributed by atoms with Crippen LogP contribution < -0.4 is 0 Å². The van der Waals surface area contributed by atoms with Crippen molar-refractivity contribution in [3.63, 3.8) is 0 Å².